The van der Waals surface area contributed by atoms with E-state index in [2.05, 4.69) is 32.9 Å². The van der Waals surface area contributed by atoms with Crippen LogP contribution in [0.4, 0.5) is 0 Å². The van der Waals surface area contributed by atoms with Gasteiger partial charge in [-0.15, -0.1) is 0 Å². The molecule has 28 heavy (non-hydrogen) atoms. The molecule has 4 heteroatoms. The first-order valence-corrected chi connectivity index (χ1v) is 11.0. The number of aliphatic hydroxyl groups is 1. The number of carbonyl (C=O) groups is 2. The van der Waals surface area contributed by atoms with E-state index in [0.29, 0.717) is 36.5 Å². The fraction of sp³-hybridized carbons (Fsp3) is 0.750. The van der Waals surface area contributed by atoms with E-state index in [1.54, 1.807) is 0 Å². The molecule has 0 aromatic rings. The maximum Gasteiger partial charge on any atom is 0.156 e. The lowest BCUT2D eigenvalue weighted by atomic mass is 9.47. The molecule has 0 amide bonds. The molecule has 0 spiro atoms. The number of rotatable bonds is 4. The summed E-state index contributed by atoms with van der Waals surface area (Å²) in [7, 11) is 0. The van der Waals surface area contributed by atoms with Crippen molar-refractivity contribution in [1.82, 2.24) is 0 Å². The number of allylic oxidation sites excluding steroid dienone is 4. The molecule has 4 rings (SSSR count). The Morgan fingerprint density at radius 1 is 1.32 bits per heavy atom. The van der Waals surface area contributed by atoms with Gasteiger partial charge in [-0.2, -0.15) is 0 Å². The monoisotopic (exact) mass is 385 g/mol. The van der Waals surface area contributed by atoms with Crippen LogP contribution in [0.3, 0.4) is 0 Å². The lowest BCUT2D eigenvalue weighted by Gasteiger charge is -2.58. The summed E-state index contributed by atoms with van der Waals surface area (Å²) in [5, 5.41) is 22.3. The molecular weight excluding hydrogens is 352 g/mol. The molecule has 8 atom stereocenters. The van der Waals surface area contributed by atoms with Crippen molar-refractivity contribution in [2.75, 3.05) is 0 Å². The summed E-state index contributed by atoms with van der Waals surface area (Å²) in [5.41, 5.74) is 0.963. The molecule has 2 fully saturated rings. The number of carbonyl (C=O) groups excluding carboxylic acids is 2. The summed E-state index contributed by atoms with van der Waals surface area (Å²) in [6, 6.07) is 0. The smallest absolute Gasteiger partial charge is 0.156 e. The lowest BCUT2D eigenvalue weighted by Crippen LogP contribution is -2.55. The fourth-order valence-electron chi connectivity index (χ4n) is 7.48. The molecule has 154 valence electrons. The van der Waals surface area contributed by atoms with E-state index in [1.807, 2.05) is 6.08 Å². The lowest BCUT2D eigenvalue weighted by molar-refractivity contribution is -0.306. The number of hydrogen-bond acceptors (Lipinski definition) is 4. The molecule has 0 unspecified atom stereocenters. The van der Waals surface area contributed by atoms with E-state index in [0.717, 1.165) is 31.3 Å². The zero-order chi connectivity index (χ0) is 20.3. The summed E-state index contributed by atoms with van der Waals surface area (Å²) in [5.74, 6) is 1.08. The van der Waals surface area contributed by atoms with Crippen LogP contribution >= 0.6 is 0 Å². The summed E-state index contributed by atoms with van der Waals surface area (Å²) in [6.45, 7) is 6.68. The Morgan fingerprint density at radius 2 is 2.07 bits per heavy atom. The van der Waals surface area contributed by atoms with Gasteiger partial charge in [0.15, 0.2) is 5.78 Å². The first-order chi connectivity index (χ1) is 13.2. The van der Waals surface area contributed by atoms with Gasteiger partial charge in [-0.1, -0.05) is 32.9 Å². The Hall–Kier alpha value is -1.42. The molecule has 0 heterocycles. The number of hydrogen-bond donors (Lipinski definition) is 1. The molecule has 0 bridgehead atoms. The Balaban J connectivity index is 1.64. The molecular formula is C24H33O4-. The van der Waals surface area contributed by atoms with Gasteiger partial charge in [0.2, 0.25) is 0 Å². The molecule has 4 nitrogen and oxygen atoms in total. The van der Waals surface area contributed by atoms with E-state index in [-0.39, 0.29) is 35.1 Å². The van der Waals surface area contributed by atoms with Crippen molar-refractivity contribution < 1.29 is 19.8 Å². The van der Waals surface area contributed by atoms with Crippen molar-refractivity contribution in [2.45, 2.75) is 71.8 Å². The van der Waals surface area contributed by atoms with Crippen LogP contribution in [0.5, 0.6) is 0 Å². The SMILES string of the molecule is C[C@H](CCC(=O)[O-])[C@H]1CC[C@H]2[C@@H]3C=CC4=CC(=O)CC[C@]4(C)[C@H]3C[C@H](O)[C@]12C. The van der Waals surface area contributed by atoms with Crippen molar-refractivity contribution >= 4 is 11.8 Å². The van der Waals surface area contributed by atoms with Gasteiger partial charge in [0.25, 0.3) is 0 Å². The second kappa shape index (κ2) is 6.83. The van der Waals surface area contributed by atoms with Crippen LogP contribution < -0.4 is 5.11 Å². The fourth-order valence-corrected chi connectivity index (χ4v) is 7.48. The van der Waals surface area contributed by atoms with Gasteiger partial charge in [-0.25, -0.2) is 0 Å². The van der Waals surface area contributed by atoms with Gasteiger partial charge in [0.05, 0.1) is 6.10 Å². The minimum absolute atomic E-state index is 0.0195. The van der Waals surface area contributed by atoms with Crippen molar-refractivity contribution in [3.63, 3.8) is 0 Å². The predicted molar refractivity (Wildman–Crippen MR) is 105 cm³/mol. The molecule has 4 aliphatic rings. The van der Waals surface area contributed by atoms with Crippen molar-refractivity contribution in [3.05, 3.63) is 23.8 Å². The normalized spacial score (nSPS) is 45.6. The van der Waals surface area contributed by atoms with Gasteiger partial charge in [0.1, 0.15) is 0 Å². The quantitative estimate of drug-likeness (QED) is 0.807. The topological polar surface area (TPSA) is 77.4 Å². The van der Waals surface area contributed by atoms with Crippen LogP contribution in [0.15, 0.2) is 23.8 Å². The zero-order valence-corrected chi connectivity index (χ0v) is 17.3. The third kappa shape index (κ3) is 2.82. The van der Waals surface area contributed by atoms with E-state index in [9.17, 15) is 19.8 Å². The third-order valence-corrected chi connectivity index (χ3v) is 9.18. The molecule has 2 saturated carbocycles. The second-order valence-electron chi connectivity index (χ2n) is 10.3. The molecule has 0 aliphatic heterocycles. The van der Waals surface area contributed by atoms with E-state index >= 15 is 0 Å². The number of carboxylic acids is 1. The maximum absolute atomic E-state index is 11.9. The Morgan fingerprint density at radius 3 is 2.79 bits per heavy atom. The van der Waals surface area contributed by atoms with Crippen molar-refractivity contribution in [2.24, 2.45) is 40.4 Å². The van der Waals surface area contributed by atoms with Crippen LogP contribution in [0.2, 0.25) is 0 Å². The molecule has 0 aromatic heterocycles. The van der Waals surface area contributed by atoms with Gasteiger partial charge in [-0.05, 0) is 90.6 Å². The van der Waals surface area contributed by atoms with Gasteiger partial charge in [0, 0.05) is 12.4 Å². The highest BCUT2D eigenvalue weighted by molar-refractivity contribution is 5.92. The standard InChI is InChI=1S/C24H34O4/c1-14(4-9-22(27)28)18-7-8-19-17-6-5-15-12-16(25)10-11-23(15,2)20(17)13-21(26)24(18,19)3/h5-6,12,14,17-21,26H,4,7-11,13H2,1-3H3,(H,27,28)/p-1/t14-,17+,18-,19+,20+,21+,23+,24-/m1/s1. The Labute approximate surface area is 168 Å². The van der Waals surface area contributed by atoms with Gasteiger partial charge in [-0.3, -0.25) is 4.79 Å². The van der Waals surface area contributed by atoms with Crippen molar-refractivity contribution in [1.29, 1.82) is 0 Å². The van der Waals surface area contributed by atoms with Crippen LogP contribution in [-0.2, 0) is 9.59 Å². The number of ketones is 1. The van der Waals surface area contributed by atoms with Crippen LogP contribution in [0, 0.1) is 40.4 Å². The van der Waals surface area contributed by atoms with E-state index in [1.165, 1.54) is 0 Å². The highest BCUT2D eigenvalue weighted by atomic mass is 16.4. The Kier molecular flexibility index (Phi) is 4.85. The maximum atomic E-state index is 11.9. The zero-order valence-electron chi connectivity index (χ0n) is 17.3. The molecule has 0 radical (unpaired) electrons. The average molecular weight is 386 g/mol. The molecule has 0 saturated heterocycles. The summed E-state index contributed by atoms with van der Waals surface area (Å²) in [6.07, 6.45) is 11.1. The summed E-state index contributed by atoms with van der Waals surface area (Å²) >= 11 is 0. The van der Waals surface area contributed by atoms with Crippen LogP contribution in [0.25, 0.3) is 0 Å². The number of aliphatic carboxylic acids is 1. The van der Waals surface area contributed by atoms with Crippen molar-refractivity contribution in [3.8, 4) is 0 Å². The highest BCUT2D eigenvalue weighted by Crippen LogP contribution is 2.66. The largest absolute Gasteiger partial charge is 0.550 e. The third-order valence-electron chi connectivity index (χ3n) is 9.18. The molecule has 1 N–H and O–H groups in total. The van der Waals surface area contributed by atoms with Gasteiger partial charge >= 0.3 is 0 Å². The Bertz CT molecular complexity index is 737. The van der Waals surface area contributed by atoms with E-state index in [4.69, 9.17) is 0 Å². The number of fused-ring (bicyclic) bond motifs is 5. The minimum Gasteiger partial charge on any atom is -0.550 e. The van der Waals surface area contributed by atoms with Gasteiger partial charge < -0.3 is 15.0 Å². The second-order valence-corrected chi connectivity index (χ2v) is 10.3. The summed E-state index contributed by atoms with van der Waals surface area (Å²) < 4.78 is 0. The number of aliphatic hydroxyl groups excluding tert-OH is 1. The average Bonchev–Trinajstić information content (AvgIpc) is 3.00. The van der Waals surface area contributed by atoms with E-state index < -0.39 is 5.97 Å². The van der Waals surface area contributed by atoms with Crippen LogP contribution in [-0.4, -0.2) is 23.0 Å². The first kappa shape index (κ1) is 19.9. The number of carboxylic acid groups (broad SMARTS) is 1. The summed E-state index contributed by atoms with van der Waals surface area (Å²) in [4.78, 5) is 22.9. The molecule has 0 aromatic carbocycles. The molecule has 4 aliphatic carbocycles. The minimum atomic E-state index is -0.981. The first-order valence-electron chi connectivity index (χ1n) is 11.0. The predicted octanol–water partition coefficient (Wildman–Crippen LogP) is 3.05. The van der Waals surface area contributed by atoms with Crippen LogP contribution in [0.1, 0.15) is 65.7 Å². The highest BCUT2D eigenvalue weighted by Gasteiger charge is 2.62.